The van der Waals surface area contributed by atoms with Gasteiger partial charge in [-0.1, -0.05) is 0 Å². The number of alkyl halides is 3. The number of nitrogens with two attached hydrogens (primary N) is 1. The first-order valence-corrected chi connectivity index (χ1v) is 2.92. The molecule has 10 heavy (non-hydrogen) atoms. The summed E-state index contributed by atoms with van der Waals surface area (Å²) in [6.45, 7) is 0. The summed E-state index contributed by atoms with van der Waals surface area (Å²) in [5, 5.41) is 0. The van der Waals surface area contributed by atoms with Crippen molar-refractivity contribution in [1.29, 1.82) is 0 Å². The Hall–Kier alpha value is 0.257. The summed E-state index contributed by atoms with van der Waals surface area (Å²) in [7, 11) is -5.56. The molecule has 0 saturated heterocycles. The topological polar surface area (TPSA) is 69.4 Å². The van der Waals surface area contributed by atoms with Crippen molar-refractivity contribution in [2.75, 3.05) is 0 Å². The molecule has 0 bridgehead atoms. The summed E-state index contributed by atoms with van der Waals surface area (Å²) in [6, 6.07) is 0. The van der Waals surface area contributed by atoms with Crippen LogP contribution < -0.4 is 5.90 Å². The van der Waals surface area contributed by atoms with Gasteiger partial charge in [-0.2, -0.15) is 31.8 Å². The third-order valence-corrected chi connectivity index (χ3v) is 1.23. The van der Waals surface area contributed by atoms with Gasteiger partial charge in [0.1, 0.15) is 0 Å². The number of hydrogen-bond acceptors (Lipinski definition) is 4. The van der Waals surface area contributed by atoms with Crippen molar-refractivity contribution >= 4 is 29.0 Å². The Morgan fingerprint density at radius 3 is 1.60 bits per heavy atom. The van der Waals surface area contributed by atoms with Crippen molar-refractivity contribution in [2.45, 2.75) is 5.51 Å². The zero-order valence-corrected chi connectivity index (χ0v) is 4.66. The molecule has 0 aliphatic heterocycles. The molecular weight excluding hydrogens is 170 g/mol. The molecular formula is CH3F3LiNO3S. The second-order valence-electron chi connectivity index (χ2n) is 0.996. The Morgan fingerprint density at radius 1 is 1.30 bits per heavy atom. The van der Waals surface area contributed by atoms with Crippen LogP contribution in [-0.4, -0.2) is 32.8 Å². The molecule has 0 aliphatic carbocycles. The maximum atomic E-state index is 11.0. The van der Waals surface area contributed by atoms with Crippen molar-refractivity contribution in [2.24, 2.45) is 5.90 Å². The van der Waals surface area contributed by atoms with E-state index in [9.17, 15) is 21.6 Å². The molecule has 0 spiro atoms. The van der Waals surface area contributed by atoms with Gasteiger partial charge in [-0.3, -0.25) is 0 Å². The number of rotatable bonds is 1. The van der Waals surface area contributed by atoms with E-state index in [2.05, 4.69) is 10.2 Å². The zero-order chi connectivity index (χ0) is 7.71. The van der Waals surface area contributed by atoms with Crippen molar-refractivity contribution in [1.82, 2.24) is 0 Å². The van der Waals surface area contributed by atoms with Gasteiger partial charge in [-0.15, -0.1) is 0 Å². The van der Waals surface area contributed by atoms with Gasteiger partial charge in [0.15, 0.2) is 0 Å². The van der Waals surface area contributed by atoms with Gasteiger partial charge in [0.05, 0.1) is 0 Å². The molecule has 0 aromatic carbocycles. The normalized spacial score (nSPS) is 12.4. The van der Waals surface area contributed by atoms with Crippen LogP contribution in [0.5, 0.6) is 0 Å². The number of halogens is 3. The first kappa shape index (κ1) is 12.9. The summed E-state index contributed by atoms with van der Waals surface area (Å²) < 4.78 is 54.9. The van der Waals surface area contributed by atoms with Gasteiger partial charge in [0.2, 0.25) is 0 Å². The Kier molecular flexibility index (Phi) is 4.63. The SMILES string of the molecule is NOS(=O)(=O)C(F)(F)F.[LiH]. The van der Waals surface area contributed by atoms with Crippen LogP contribution in [0.15, 0.2) is 0 Å². The van der Waals surface area contributed by atoms with E-state index in [0.29, 0.717) is 0 Å². The van der Waals surface area contributed by atoms with Gasteiger partial charge in [-0.25, -0.2) is 0 Å². The molecule has 0 aromatic rings. The zero-order valence-electron chi connectivity index (χ0n) is 3.84. The van der Waals surface area contributed by atoms with Crippen LogP contribution in [0.3, 0.4) is 0 Å². The van der Waals surface area contributed by atoms with E-state index in [1.54, 1.807) is 0 Å². The summed E-state index contributed by atoms with van der Waals surface area (Å²) in [5.74, 6) is 3.78. The molecule has 4 nitrogen and oxygen atoms in total. The Morgan fingerprint density at radius 2 is 1.60 bits per heavy atom. The molecule has 0 rings (SSSR count). The van der Waals surface area contributed by atoms with Crippen LogP contribution in [0.2, 0.25) is 0 Å². The first-order chi connectivity index (χ1) is 3.81. The Balaban J connectivity index is 0. The van der Waals surface area contributed by atoms with Gasteiger partial charge >= 0.3 is 34.5 Å². The fourth-order valence-corrected chi connectivity index (χ4v) is 0.164. The number of hydrogen-bond donors (Lipinski definition) is 1. The summed E-state index contributed by atoms with van der Waals surface area (Å²) in [5.41, 5.74) is -5.43. The third-order valence-electron chi connectivity index (χ3n) is 0.410. The summed E-state index contributed by atoms with van der Waals surface area (Å²) in [4.78, 5) is 0. The molecule has 9 heteroatoms. The molecule has 0 fully saturated rings. The molecule has 0 unspecified atom stereocenters. The summed E-state index contributed by atoms with van der Waals surface area (Å²) >= 11 is 0. The molecule has 0 saturated carbocycles. The maximum absolute atomic E-state index is 11.0. The fraction of sp³-hybridized carbons (Fsp3) is 1.00. The molecule has 0 radical (unpaired) electrons. The van der Waals surface area contributed by atoms with Gasteiger partial charge in [0, 0.05) is 0 Å². The van der Waals surface area contributed by atoms with Crippen LogP contribution in [0.4, 0.5) is 13.2 Å². The molecule has 0 aliphatic rings. The van der Waals surface area contributed by atoms with E-state index in [-0.39, 0.29) is 18.9 Å². The minimum absolute atomic E-state index is 0. The predicted octanol–water partition coefficient (Wildman–Crippen LogP) is -0.922. The van der Waals surface area contributed by atoms with Gasteiger partial charge < -0.3 is 0 Å². The van der Waals surface area contributed by atoms with E-state index in [1.807, 2.05) is 0 Å². The minimum atomic E-state index is -5.56. The van der Waals surface area contributed by atoms with E-state index in [0.717, 1.165) is 0 Å². The molecule has 0 atom stereocenters. The second kappa shape index (κ2) is 3.59. The molecule has 0 heterocycles. The third kappa shape index (κ3) is 2.89. The van der Waals surface area contributed by atoms with E-state index in [4.69, 9.17) is 0 Å². The van der Waals surface area contributed by atoms with Crippen molar-refractivity contribution < 1.29 is 25.9 Å². The average Bonchev–Trinajstić information content (AvgIpc) is 1.64. The van der Waals surface area contributed by atoms with Crippen molar-refractivity contribution in [3.63, 3.8) is 0 Å². The van der Waals surface area contributed by atoms with Crippen LogP contribution in [0.1, 0.15) is 0 Å². The van der Waals surface area contributed by atoms with Crippen molar-refractivity contribution in [3.8, 4) is 0 Å². The van der Waals surface area contributed by atoms with Crippen molar-refractivity contribution in [3.05, 3.63) is 0 Å². The predicted molar refractivity (Wildman–Crippen MR) is 27.4 cm³/mol. The van der Waals surface area contributed by atoms with E-state index in [1.165, 1.54) is 0 Å². The second-order valence-corrected chi connectivity index (χ2v) is 2.56. The van der Waals surface area contributed by atoms with Crippen LogP contribution in [0, 0.1) is 0 Å². The Labute approximate surface area is 66.8 Å². The van der Waals surface area contributed by atoms with Crippen LogP contribution >= 0.6 is 0 Å². The quantitative estimate of drug-likeness (QED) is 0.316. The van der Waals surface area contributed by atoms with Gasteiger partial charge in [0.25, 0.3) is 0 Å². The molecule has 0 aromatic heterocycles. The standard InChI is InChI=1S/CH2F3NO3S.Li.H/c2-1(3,4)9(6,7)8-5;;/h5H2;;. The molecule has 2 N–H and O–H groups in total. The molecule has 58 valence electrons. The first-order valence-electron chi connectivity index (χ1n) is 1.51. The molecule has 0 amide bonds. The monoisotopic (exact) mass is 173 g/mol. The van der Waals surface area contributed by atoms with E-state index < -0.39 is 15.6 Å². The van der Waals surface area contributed by atoms with Crippen LogP contribution in [-0.2, 0) is 14.4 Å². The van der Waals surface area contributed by atoms with Gasteiger partial charge in [-0.05, 0) is 0 Å². The summed E-state index contributed by atoms with van der Waals surface area (Å²) in [6.07, 6.45) is 0. The van der Waals surface area contributed by atoms with E-state index >= 15 is 0 Å². The fourth-order valence-electron chi connectivity index (χ4n) is 0.0546. The average molecular weight is 173 g/mol. The Bertz CT molecular complexity index is 184. The van der Waals surface area contributed by atoms with Crippen LogP contribution in [0.25, 0.3) is 0 Å².